The average molecular weight is 285 g/mol. The van der Waals surface area contributed by atoms with Gasteiger partial charge in [-0.15, -0.1) is 0 Å². The van der Waals surface area contributed by atoms with Crippen molar-refractivity contribution in [2.45, 2.75) is 19.4 Å². The molecular weight excluding hydrogens is 265 g/mol. The summed E-state index contributed by atoms with van der Waals surface area (Å²) in [6.45, 7) is 3.00. The van der Waals surface area contributed by atoms with Crippen molar-refractivity contribution in [1.82, 2.24) is 14.9 Å². The van der Waals surface area contributed by atoms with E-state index in [1.807, 2.05) is 6.08 Å². The first-order valence-corrected chi connectivity index (χ1v) is 7.02. The van der Waals surface area contributed by atoms with Crippen LogP contribution >= 0.6 is 0 Å². The van der Waals surface area contributed by atoms with Gasteiger partial charge in [0, 0.05) is 37.6 Å². The van der Waals surface area contributed by atoms with Gasteiger partial charge in [0.1, 0.15) is 5.82 Å². The summed E-state index contributed by atoms with van der Waals surface area (Å²) in [5, 5.41) is 0. The van der Waals surface area contributed by atoms with Crippen LogP contribution in [0.15, 0.2) is 48.9 Å². The van der Waals surface area contributed by atoms with Gasteiger partial charge >= 0.3 is 0 Å². The third-order valence-electron chi connectivity index (χ3n) is 3.45. The highest BCUT2D eigenvalue weighted by atomic mass is 19.1. The quantitative estimate of drug-likeness (QED) is 0.816. The van der Waals surface area contributed by atoms with Gasteiger partial charge < -0.3 is 0 Å². The number of rotatable bonds is 6. The maximum Gasteiger partial charge on any atom is 0.123 e. The Morgan fingerprint density at radius 2 is 2.00 bits per heavy atom. The van der Waals surface area contributed by atoms with Crippen LogP contribution in [0.2, 0.25) is 0 Å². The first-order chi connectivity index (χ1) is 10.1. The molecule has 4 heteroatoms. The molecule has 1 atom stereocenters. The number of hydrogen-bond donors (Lipinski definition) is 0. The van der Waals surface area contributed by atoms with E-state index in [1.165, 1.54) is 12.1 Å². The standard InChI is InChI=1S/C17H20FN3/c1-14(12-17-13-19-9-10-20-17)21(2)11-3-4-15-5-7-16(18)8-6-15/h3-10,13-14H,11-12H2,1-2H3. The number of halogens is 1. The second-order valence-corrected chi connectivity index (χ2v) is 5.14. The van der Waals surface area contributed by atoms with Gasteiger partial charge in [-0.25, -0.2) is 4.39 Å². The van der Waals surface area contributed by atoms with E-state index in [-0.39, 0.29) is 5.82 Å². The fraction of sp³-hybridized carbons (Fsp3) is 0.294. The molecule has 1 unspecified atom stereocenters. The molecule has 2 rings (SSSR count). The van der Waals surface area contributed by atoms with E-state index in [4.69, 9.17) is 0 Å². The highest BCUT2D eigenvalue weighted by Crippen LogP contribution is 2.07. The molecule has 2 aromatic rings. The second kappa shape index (κ2) is 7.64. The molecule has 1 heterocycles. The van der Waals surface area contributed by atoms with Gasteiger partial charge in [-0.3, -0.25) is 14.9 Å². The zero-order valence-electron chi connectivity index (χ0n) is 12.4. The topological polar surface area (TPSA) is 29.0 Å². The molecule has 0 amide bonds. The van der Waals surface area contributed by atoms with Crippen LogP contribution in [0.5, 0.6) is 0 Å². The first-order valence-electron chi connectivity index (χ1n) is 7.02. The van der Waals surface area contributed by atoms with E-state index in [2.05, 4.69) is 34.9 Å². The third kappa shape index (κ3) is 5.08. The lowest BCUT2D eigenvalue weighted by Crippen LogP contribution is -2.31. The van der Waals surface area contributed by atoms with Gasteiger partial charge in [0.25, 0.3) is 0 Å². The fourth-order valence-corrected chi connectivity index (χ4v) is 2.00. The lowest BCUT2D eigenvalue weighted by atomic mass is 10.1. The largest absolute Gasteiger partial charge is 0.300 e. The summed E-state index contributed by atoms with van der Waals surface area (Å²) in [6.07, 6.45) is 10.2. The summed E-state index contributed by atoms with van der Waals surface area (Å²) < 4.78 is 12.8. The number of benzene rings is 1. The zero-order chi connectivity index (χ0) is 15.1. The summed E-state index contributed by atoms with van der Waals surface area (Å²) in [4.78, 5) is 10.6. The molecule has 0 spiro atoms. The minimum absolute atomic E-state index is 0.207. The highest BCUT2D eigenvalue weighted by molar-refractivity contribution is 5.48. The van der Waals surface area contributed by atoms with Crippen molar-refractivity contribution in [1.29, 1.82) is 0 Å². The molecule has 21 heavy (non-hydrogen) atoms. The summed E-state index contributed by atoms with van der Waals surface area (Å²) in [5.41, 5.74) is 2.01. The Bertz CT molecular complexity index is 566. The molecule has 110 valence electrons. The Hall–Kier alpha value is -2.07. The first kappa shape index (κ1) is 15.3. The Morgan fingerprint density at radius 1 is 1.24 bits per heavy atom. The molecule has 0 saturated carbocycles. The Morgan fingerprint density at radius 3 is 2.67 bits per heavy atom. The van der Waals surface area contributed by atoms with Gasteiger partial charge in [-0.2, -0.15) is 0 Å². The van der Waals surface area contributed by atoms with Crippen LogP contribution in [0.4, 0.5) is 4.39 Å². The van der Waals surface area contributed by atoms with E-state index in [0.717, 1.165) is 24.2 Å². The van der Waals surface area contributed by atoms with E-state index < -0.39 is 0 Å². The number of likely N-dealkylation sites (N-methyl/N-ethyl adjacent to an activating group) is 1. The number of hydrogen-bond acceptors (Lipinski definition) is 3. The SMILES string of the molecule is CC(Cc1cnccn1)N(C)CC=Cc1ccc(F)cc1. The van der Waals surface area contributed by atoms with Gasteiger partial charge in [-0.05, 0) is 31.7 Å². The van der Waals surface area contributed by atoms with Crippen LogP contribution in [0.25, 0.3) is 6.08 Å². The molecule has 3 nitrogen and oxygen atoms in total. The van der Waals surface area contributed by atoms with Crippen LogP contribution in [-0.2, 0) is 6.42 Å². The van der Waals surface area contributed by atoms with Gasteiger partial charge in [-0.1, -0.05) is 24.3 Å². The van der Waals surface area contributed by atoms with Crippen LogP contribution in [0.3, 0.4) is 0 Å². The predicted octanol–water partition coefficient (Wildman–Crippen LogP) is 3.19. The number of nitrogens with zero attached hydrogens (tertiary/aromatic N) is 3. The lowest BCUT2D eigenvalue weighted by molar-refractivity contribution is 0.281. The third-order valence-corrected chi connectivity index (χ3v) is 3.45. The van der Waals surface area contributed by atoms with Crippen molar-refractivity contribution in [3.8, 4) is 0 Å². The van der Waals surface area contributed by atoms with Crippen molar-refractivity contribution in [3.63, 3.8) is 0 Å². The Labute approximate surface area is 125 Å². The normalized spacial score (nSPS) is 13.0. The van der Waals surface area contributed by atoms with Crippen molar-refractivity contribution < 1.29 is 4.39 Å². The Kier molecular flexibility index (Phi) is 5.58. The molecule has 0 fully saturated rings. The maximum absolute atomic E-state index is 12.8. The molecule has 0 bridgehead atoms. The van der Waals surface area contributed by atoms with Gasteiger partial charge in [0.2, 0.25) is 0 Å². The number of aromatic nitrogens is 2. The van der Waals surface area contributed by atoms with Crippen molar-refractivity contribution in [2.24, 2.45) is 0 Å². The van der Waals surface area contributed by atoms with Crippen LogP contribution in [-0.4, -0.2) is 34.5 Å². The van der Waals surface area contributed by atoms with E-state index in [1.54, 1.807) is 30.7 Å². The van der Waals surface area contributed by atoms with E-state index >= 15 is 0 Å². The summed E-state index contributed by atoms with van der Waals surface area (Å²) in [7, 11) is 2.08. The molecule has 0 aliphatic carbocycles. The maximum atomic E-state index is 12.8. The van der Waals surface area contributed by atoms with E-state index in [9.17, 15) is 4.39 Å². The average Bonchev–Trinajstić information content (AvgIpc) is 2.50. The van der Waals surface area contributed by atoms with Crippen molar-refractivity contribution in [2.75, 3.05) is 13.6 Å². The predicted molar refractivity (Wildman–Crippen MR) is 83.3 cm³/mol. The van der Waals surface area contributed by atoms with Gasteiger partial charge in [0.15, 0.2) is 0 Å². The van der Waals surface area contributed by atoms with Gasteiger partial charge in [0.05, 0.1) is 5.69 Å². The van der Waals surface area contributed by atoms with Crippen LogP contribution in [0, 0.1) is 5.82 Å². The molecule has 0 saturated heterocycles. The monoisotopic (exact) mass is 285 g/mol. The molecule has 0 N–H and O–H groups in total. The lowest BCUT2D eigenvalue weighted by Gasteiger charge is -2.22. The summed E-state index contributed by atoms with van der Waals surface area (Å²) >= 11 is 0. The van der Waals surface area contributed by atoms with Crippen molar-refractivity contribution in [3.05, 3.63) is 66.0 Å². The highest BCUT2D eigenvalue weighted by Gasteiger charge is 2.09. The second-order valence-electron chi connectivity index (χ2n) is 5.14. The van der Waals surface area contributed by atoms with Crippen LogP contribution < -0.4 is 0 Å². The smallest absolute Gasteiger partial charge is 0.123 e. The fourth-order valence-electron chi connectivity index (χ4n) is 2.00. The molecule has 0 aliphatic rings. The van der Waals surface area contributed by atoms with E-state index in [0.29, 0.717) is 6.04 Å². The van der Waals surface area contributed by atoms with Crippen molar-refractivity contribution >= 4 is 6.08 Å². The minimum Gasteiger partial charge on any atom is -0.300 e. The Balaban J connectivity index is 1.83. The summed E-state index contributed by atoms with van der Waals surface area (Å²) in [5.74, 6) is -0.207. The zero-order valence-corrected chi connectivity index (χ0v) is 12.4. The molecule has 0 radical (unpaired) electrons. The molecular formula is C17H20FN3. The molecule has 0 aliphatic heterocycles. The van der Waals surface area contributed by atoms with Crippen LogP contribution in [0.1, 0.15) is 18.2 Å². The molecule has 1 aromatic heterocycles. The molecule has 1 aromatic carbocycles. The minimum atomic E-state index is -0.207. The summed E-state index contributed by atoms with van der Waals surface area (Å²) in [6, 6.07) is 6.86.